The molecule has 110 valence electrons. The molecule has 9 heteroatoms. The molecule has 0 aliphatic carbocycles. The number of anilines is 3. The maximum absolute atomic E-state index is 13.8. The lowest BCUT2D eigenvalue weighted by Crippen LogP contribution is -2.10. The Hall–Kier alpha value is -2.26. The number of nitrogens with one attached hydrogen (secondary N) is 2. The van der Waals surface area contributed by atoms with E-state index in [0.717, 1.165) is 12.1 Å². The first-order valence-corrected chi connectivity index (χ1v) is 6.39. The van der Waals surface area contributed by atoms with Crippen LogP contribution < -0.4 is 16.6 Å². The predicted molar refractivity (Wildman–Crippen MR) is 78.2 cm³/mol. The van der Waals surface area contributed by atoms with Crippen molar-refractivity contribution in [1.82, 2.24) is 0 Å². The Morgan fingerprint density at radius 2 is 1.76 bits per heavy atom. The number of benzene rings is 2. The maximum atomic E-state index is 13.8. The van der Waals surface area contributed by atoms with Crippen molar-refractivity contribution >= 4 is 38.7 Å². The van der Waals surface area contributed by atoms with Gasteiger partial charge in [-0.05, 0) is 24.3 Å². The highest BCUT2D eigenvalue weighted by Crippen LogP contribution is 2.36. The molecule has 2 rings (SSSR count). The highest BCUT2D eigenvalue weighted by atomic mass is 79.9. The molecule has 0 bridgehead atoms. The van der Waals surface area contributed by atoms with E-state index < -0.39 is 27.9 Å². The first-order valence-electron chi connectivity index (χ1n) is 5.59. The molecule has 2 aromatic carbocycles. The topological polar surface area (TPSA) is 93.2 Å². The molecule has 2 aromatic rings. The highest BCUT2D eigenvalue weighted by molar-refractivity contribution is 9.10. The number of nitro benzene ring substituents is 1. The molecule has 0 aliphatic rings. The molecular formula is C12H9BrF2N4O2. The third-order valence-electron chi connectivity index (χ3n) is 2.64. The average Bonchev–Trinajstić information content (AvgIpc) is 2.42. The molecule has 21 heavy (non-hydrogen) atoms. The van der Waals surface area contributed by atoms with E-state index in [0.29, 0.717) is 0 Å². The molecule has 6 nitrogen and oxygen atoms in total. The molecule has 0 atom stereocenters. The minimum atomic E-state index is -0.887. The second-order valence-electron chi connectivity index (χ2n) is 3.97. The van der Waals surface area contributed by atoms with Crippen molar-refractivity contribution in [1.29, 1.82) is 0 Å². The number of halogens is 3. The molecule has 0 heterocycles. The Bertz CT molecular complexity index is 689. The van der Waals surface area contributed by atoms with Gasteiger partial charge >= 0.3 is 5.69 Å². The Morgan fingerprint density at radius 1 is 1.19 bits per heavy atom. The van der Waals surface area contributed by atoms with Crippen LogP contribution in [0.3, 0.4) is 0 Å². The van der Waals surface area contributed by atoms with Crippen molar-refractivity contribution in [3.63, 3.8) is 0 Å². The summed E-state index contributed by atoms with van der Waals surface area (Å²) in [6.07, 6.45) is 0. The quantitative estimate of drug-likeness (QED) is 0.440. The Labute approximate surface area is 126 Å². The summed E-state index contributed by atoms with van der Waals surface area (Å²) in [4.78, 5) is 10.4. The van der Waals surface area contributed by atoms with Crippen molar-refractivity contribution < 1.29 is 13.7 Å². The second-order valence-corrected chi connectivity index (χ2v) is 4.89. The highest BCUT2D eigenvalue weighted by Gasteiger charge is 2.21. The first kappa shape index (κ1) is 15.1. The fraction of sp³-hybridized carbons (Fsp3) is 0. The SMILES string of the molecule is NNc1cccc(Nc2c(F)cc(Br)cc2F)c1[N+](=O)[O-]. The molecule has 0 amide bonds. The van der Waals surface area contributed by atoms with Crippen LogP contribution in [0, 0.1) is 21.7 Å². The van der Waals surface area contributed by atoms with Gasteiger partial charge in [0.05, 0.1) is 4.92 Å². The number of nitrogens with two attached hydrogens (primary N) is 1. The normalized spacial score (nSPS) is 10.3. The number of rotatable bonds is 4. The Morgan fingerprint density at radius 3 is 2.29 bits per heavy atom. The molecule has 0 saturated heterocycles. The van der Waals surface area contributed by atoms with Gasteiger partial charge in [0.15, 0.2) is 11.6 Å². The van der Waals surface area contributed by atoms with Crippen LogP contribution in [-0.4, -0.2) is 4.92 Å². The monoisotopic (exact) mass is 358 g/mol. The first-order chi connectivity index (χ1) is 9.93. The molecule has 4 N–H and O–H groups in total. The van der Waals surface area contributed by atoms with Crippen molar-refractivity contribution in [3.05, 3.63) is 56.6 Å². The fourth-order valence-electron chi connectivity index (χ4n) is 1.75. The largest absolute Gasteiger partial charge is 0.345 e. The number of nitrogens with zero attached hydrogens (tertiary/aromatic N) is 1. The van der Waals surface area contributed by atoms with Crippen molar-refractivity contribution in [2.45, 2.75) is 0 Å². The molecule has 0 spiro atoms. The lowest BCUT2D eigenvalue weighted by Gasteiger charge is -2.11. The molecule has 0 unspecified atom stereocenters. The van der Waals surface area contributed by atoms with Gasteiger partial charge in [0, 0.05) is 4.47 Å². The van der Waals surface area contributed by atoms with E-state index in [1.807, 2.05) is 0 Å². The van der Waals surface area contributed by atoms with Gasteiger partial charge in [-0.15, -0.1) is 0 Å². The summed E-state index contributed by atoms with van der Waals surface area (Å²) < 4.78 is 27.8. The van der Waals surface area contributed by atoms with Gasteiger partial charge in [0.25, 0.3) is 0 Å². The van der Waals surface area contributed by atoms with Gasteiger partial charge in [-0.25, -0.2) is 8.78 Å². The minimum absolute atomic E-state index is 0.0166. The van der Waals surface area contributed by atoms with Crippen LogP contribution in [0.25, 0.3) is 0 Å². The zero-order valence-electron chi connectivity index (χ0n) is 10.4. The lowest BCUT2D eigenvalue weighted by molar-refractivity contribution is -0.383. The molecule has 0 aromatic heterocycles. The fourth-order valence-corrected chi connectivity index (χ4v) is 2.16. The van der Waals surface area contributed by atoms with Crippen LogP contribution in [-0.2, 0) is 0 Å². The number of hydrogen-bond donors (Lipinski definition) is 3. The number of hydrogen-bond acceptors (Lipinski definition) is 5. The van der Waals surface area contributed by atoms with Crippen molar-refractivity contribution in [3.8, 4) is 0 Å². The van der Waals surface area contributed by atoms with Crippen LogP contribution >= 0.6 is 15.9 Å². The average molecular weight is 359 g/mol. The van der Waals surface area contributed by atoms with Crippen LogP contribution in [0.5, 0.6) is 0 Å². The zero-order valence-corrected chi connectivity index (χ0v) is 11.9. The Kier molecular flexibility index (Phi) is 4.34. The van der Waals surface area contributed by atoms with E-state index in [-0.39, 0.29) is 15.8 Å². The van der Waals surface area contributed by atoms with E-state index in [2.05, 4.69) is 26.7 Å². The van der Waals surface area contributed by atoms with Gasteiger partial charge in [-0.2, -0.15) is 0 Å². The number of para-hydroxylation sites is 1. The van der Waals surface area contributed by atoms with Gasteiger partial charge in [-0.1, -0.05) is 22.0 Å². The van der Waals surface area contributed by atoms with Crippen LogP contribution in [0.15, 0.2) is 34.8 Å². The molecule has 0 fully saturated rings. The maximum Gasteiger partial charge on any atom is 0.316 e. The molecule has 0 aliphatic heterocycles. The Balaban J connectivity index is 2.52. The minimum Gasteiger partial charge on any atom is -0.345 e. The number of hydrazine groups is 1. The lowest BCUT2D eigenvalue weighted by atomic mass is 10.2. The summed E-state index contributed by atoms with van der Waals surface area (Å²) in [5, 5.41) is 13.5. The van der Waals surface area contributed by atoms with Gasteiger partial charge in [-0.3, -0.25) is 16.0 Å². The third-order valence-corrected chi connectivity index (χ3v) is 3.10. The van der Waals surface area contributed by atoms with E-state index >= 15 is 0 Å². The van der Waals surface area contributed by atoms with Gasteiger partial charge in [0.1, 0.15) is 17.1 Å². The van der Waals surface area contributed by atoms with Gasteiger partial charge in [0.2, 0.25) is 0 Å². The van der Waals surface area contributed by atoms with Crippen molar-refractivity contribution in [2.75, 3.05) is 10.7 Å². The van der Waals surface area contributed by atoms with Crippen molar-refractivity contribution in [2.24, 2.45) is 5.84 Å². The summed E-state index contributed by atoms with van der Waals surface area (Å²) in [6.45, 7) is 0. The van der Waals surface area contributed by atoms with E-state index in [1.165, 1.54) is 18.2 Å². The standard InChI is InChI=1S/C12H9BrF2N4O2/c13-6-4-7(14)11(8(15)5-6)17-9-2-1-3-10(18-16)12(9)19(20)21/h1-5,17-18H,16H2. The summed E-state index contributed by atoms with van der Waals surface area (Å²) in [7, 11) is 0. The summed E-state index contributed by atoms with van der Waals surface area (Å²) in [6, 6.07) is 6.24. The molecule has 0 saturated carbocycles. The smallest absolute Gasteiger partial charge is 0.316 e. The third kappa shape index (κ3) is 3.09. The number of nitro groups is 1. The molecule has 0 radical (unpaired) electrons. The summed E-state index contributed by atoms with van der Waals surface area (Å²) >= 11 is 2.95. The summed E-state index contributed by atoms with van der Waals surface area (Å²) in [5.41, 5.74) is 1.19. The van der Waals surface area contributed by atoms with E-state index in [9.17, 15) is 18.9 Å². The predicted octanol–water partition coefficient (Wildman–Crippen LogP) is 3.66. The number of nitrogen functional groups attached to an aromatic ring is 1. The van der Waals surface area contributed by atoms with Crippen LogP contribution in [0.4, 0.5) is 31.5 Å². The van der Waals surface area contributed by atoms with Crippen LogP contribution in [0.2, 0.25) is 0 Å². The van der Waals surface area contributed by atoms with E-state index in [4.69, 9.17) is 5.84 Å². The molecular weight excluding hydrogens is 350 g/mol. The summed E-state index contributed by atoms with van der Waals surface area (Å²) in [5.74, 6) is 3.42. The second kappa shape index (κ2) is 6.02. The van der Waals surface area contributed by atoms with Gasteiger partial charge < -0.3 is 10.7 Å². The van der Waals surface area contributed by atoms with E-state index in [1.54, 1.807) is 0 Å². The van der Waals surface area contributed by atoms with Crippen LogP contribution in [0.1, 0.15) is 0 Å². The zero-order chi connectivity index (χ0) is 15.6.